The summed E-state index contributed by atoms with van der Waals surface area (Å²) in [5.41, 5.74) is 0. The number of hydrogen-bond donors (Lipinski definition) is 1. The Kier molecular flexibility index (Phi) is 4.89. The van der Waals surface area contributed by atoms with E-state index in [2.05, 4.69) is 5.32 Å². The zero-order valence-electron chi connectivity index (χ0n) is 11.4. The minimum Gasteiger partial charge on any atom is -0.481 e. The molecule has 6 heteroatoms. The van der Waals surface area contributed by atoms with Gasteiger partial charge in [-0.1, -0.05) is 0 Å². The van der Waals surface area contributed by atoms with Crippen LogP contribution in [-0.4, -0.2) is 43.6 Å². The van der Waals surface area contributed by atoms with Crippen molar-refractivity contribution in [3.63, 3.8) is 0 Å². The standard InChI is InChI=1S/C14H18F2N2O2/c1-17-11-3-2-6-18(8-11)14(19)9-20-13-5-4-10(15)7-12(13)16/h4-5,7,11,17H,2-3,6,8-9H2,1H3/t11-/m0/s1. The summed E-state index contributed by atoms with van der Waals surface area (Å²) in [6.45, 7) is 1.08. The molecule has 0 radical (unpaired) electrons. The molecule has 0 unspecified atom stereocenters. The third-order valence-electron chi connectivity index (χ3n) is 3.43. The first-order chi connectivity index (χ1) is 9.60. The molecule has 1 atom stereocenters. The minimum absolute atomic E-state index is 0.109. The minimum atomic E-state index is -0.801. The van der Waals surface area contributed by atoms with Crippen LogP contribution in [0.1, 0.15) is 12.8 Å². The number of benzene rings is 1. The summed E-state index contributed by atoms with van der Waals surface area (Å²) in [6.07, 6.45) is 1.97. The molecule has 1 amide bonds. The van der Waals surface area contributed by atoms with Crippen molar-refractivity contribution in [3.8, 4) is 5.75 Å². The lowest BCUT2D eigenvalue weighted by atomic mass is 10.1. The molecule has 1 heterocycles. The van der Waals surface area contributed by atoms with Crippen molar-refractivity contribution in [2.24, 2.45) is 0 Å². The predicted octanol–water partition coefficient (Wildman–Crippen LogP) is 1.55. The highest BCUT2D eigenvalue weighted by atomic mass is 19.1. The van der Waals surface area contributed by atoms with E-state index in [9.17, 15) is 13.6 Å². The average Bonchev–Trinajstić information content (AvgIpc) is 2.46. The molecule has 2 rings (SSSR count). The number of piperidine rings is 1. The van der Waals surface area contributed by atoms with Gasteiger partial charge in [-0.15, -0.1) is 0 Å². The molecule has 0 aliphatic carbocycles. The van der Waals surface area contributed by atoms with Gasteiger partial charge in [-0.05, 0) is 32.0 Å². The van der Waals surface area contributed by atoms with E-state index >= 15 is 0 Å². The molecule has 0 spiro atoms. The zero-order valence-corrected chi connectivity index (χ0v) is 11.4. The van der Waals surface area contributed by atoms with Crippen LogP contribution in [0, 0.1) is 11.6 Å². The number of nitrogens with zero attached hydrogens (tertiary/aromatic N) is 1. The molecule has 1 N–H and O–H groups in total. The van der Waals surface area contributed by atoms with Gasteiger partial charge in [0.15, 0.2) is 18.2 Å². The number of carbonyl (C=O) groups excluding carboxylic acids is 1. The Bertz CT molecular complexity index is 482. The van der Waals surface area contributed by atoms with Crippen LogP contribution in [0.15, 0.2) is 18.2 Å². The van der Waals surface area contributed by atoms with Crippen molar-refractivity contribution < 1.29 is 18.3 Å². The van der Waals surface area contributed by atoms with Crippen LogP contribution >= 0.6 is 0 Å². The van der Waals surface area contributed by atoms with E-state index in [1.165, 1.54) is 6.07 Å². The van der Waals surface area contributed by atoms with Crippen molar-refractivity contribution in [1.29, 1.82) is 0 Å². The SMILES string of the molecule is CN[C@H]1CCCN(C(=O)COc2ccc(F)cc2F)C1. The van der Waals surface area contributed by atoms with E-state index < -0.39 is 11.6 Å². The van der Waals surface area contributed by atoms with Gasteiger partial charge >= 0.3 is 0 Å². The highest BCUT2D eigenvalue weighted by Gasteiger charge is 2.23. The fourth-order valence-corrected chi connectivity index (χ4v) is 2.26. The first-order valence-electron chi connectivity index (χ1n) is 6.63. The van der Waals surface area contributed by atoms with Crippen LogP contribution in [0.4, 0.5) is 8.78 Å². The predicted molar refractivity (Wildman–Crippen MR) is 70.5 cm³/mol. The van der Waals surface area contributed by atoms with E-state index in [4.69, 9.17) is 4.74 Å². The number of likely N-dealkylation sites (tertiary alicyclic amines) is 1. The van der Waals surface area contributed by atoms with Gasteiger partial charge in [-0.3, -0.25) is 4.79 Å². The van der Waals surface area contributed by atoms with Crippen LogP contribution in [0.5, 0.6) is 5.75 Å². The highest BCUT2D eigenvalue weighted by Crippen LogP contribution is 2.18. The first kappa shape index (κ1) is 14.7. The molecule has 1 aromatic rings. The number of likely N-dealkylation sites (N-methyl/N-ethyl adjacent to an activating group) is 1. The lowest BCUT2D eigenvalue weighted by Crippen LogP contribution is -2.48. The van der Waals surface area contributed by atoms with E-state index in [1.807, 2.05) is 7.05 Å². The topological polar surface area (TPSA) is 41.6 Å². The van der Waals surface area contributed by atoms with E-state index in [0.717, 1.165) is 25.0 Å². The number of ether oxygens (including phenoxy) is 1. The molecule has 20 heavy (non-hydrogen) atoms. The molecular weight excluding hydrogens is 266 g/mol. The largest absolute Gasteiger partial charge is 0.481 e. The molecule has 0 bridgehead atoms. The second kappa shape index (κ2) is 6.65. The molecule has 1 fully saturated rings. The van der Waals surface area contributed by atoms with Crippen LogP contribution in [0.25, 0.3) is 0 Å². The van der Waals surface area contributed by atoms with Crippen molar-refractivity contribution in [1.82, 2.24) is 10.2 Å². The molecule has 0 saturated carbocycles. The number of nitrogens with one attached hydrogen (secondary N) is 1. The Balaban J connectivity index is 1.88. The summed E-state index contributed by atoms with van der Waals surface area (Å²) >= 11 is 0. The molecular formula is C14H18F2N2O2. The maximum absolute atomic E-state index is 13.4. The van der Waals surface area contributed by atoms with Crippen molar-refractivity contribution in [2.75, 3.05) is 26.7 Å². The Hall–Kier alpha value is -1.69. The first-order valence-corrected chi connectivity index (χ1v) is 6.63. The summed E-state index contributed by atoms with van der Waals surface area (Å²) in [5, 5.41) is 3.14. The van der Waals surface area contributed by atoms with Crippen LogP contribution in [-0.2, 0) is 4.79 Å². The number of hydrogen-bond acceptors (Lipinski definition) is 3. The summed E-state index contributed by atoms with van der Waals surface area (Å²) < 4.78 is 31.2. The quantitative estimate of drug-likeness (QED) is 0.912. The van der Waals surface area contributed by atoms with Crippen LogP contribution in [0.3, 0.4) is 0 Å². The summed E-state index contributed by atoms with van der Waals surface area (Å²) in [4.78, 5) is 13.7. The Morgan fingerprint density at radius 3 is 3.00 bits per heavy atom. The summed E-state index contributed by atoms with van der Waals surface area (Å²) in [5.74, 6) is -1.77. The number of rotatable bonds is 4. The van der Waals surface area contributed by atoms with Gasteiger partial charge in [-0.25, -0.2) is 8.78 Å². The maximum Gasteiger partial charge on any atom is 0.260 e. The molecule has 1 aliphatic heterocycles. The Morgan fingerprint density at radius 1 is 1.50 bits per heavy atom. The molecule has 4 nitrogen and oxygen atoms in total. The summed E-state index contributed by atoms with van der Waals surface area (Å²) in [6, 6.07) is 3.30. The lowest BCUT2D eigenvalue weighted by Gasteiger charge is -2.32. The van der Waals surface area contributed by atoms with Gasteiger partial charge in [0.05, 0.1) is 0 Å². The fraction of sp³-hybridized carbons (Fsp3) is 0.500. The lowest BCUT2D eigenvalue weighted by molar-refractivity contribution is -0.134. The van der Waals surface area contributed by atoms with Crippen molar-refractivity contribution >= 4 is 5.91 Å². The van der Waals surface area contributed by atoms with Crippen molar-refractivity contribution in [2.45, 2.75) is 18.9 Å². The average molecular weight is 284 g/mol. The number of halogens is 2. The Labute approximate surface area is 116 Å². The normalized spacial score (nSPS) is 18.9. The zero-order chi connectivity index (χ0) is 14.5. The third-order valence-corrected chi connectivity index (χ3v) is 3.43. The monoisotopic (exact) mass is 284 g/mol. The Morgan fingerprint density at radius 2 is 2.30 bits per heavy atom. The molecule has 110 valence electrons. The highest BCUT2D eigenvalue weighted by molar-refractivity contribution is 5.77. The smallest absolute Gasteiger partial charge is 0.260 e. The van der Waals surface area contributed by atoms with Gasteiger partial charge in [0, 0.05) is 25.2 Å². The van der Waals surface area contributed by atoms with E-state index in [0.29, 0.717) is 13.1 Å². The maximum atomic E-state index is 13.4. The molecule has 1 aromatic carbocycles. The van der Waals surface area contributed by atoms with E-state index in [-0.39, 0.29) is 24.3 Å². The second-order valence-electron chi connectivity index (χ2n) is 4.83. The molecule has 1 saturated heterocycles. The second-order valence-corrected chi connectivity index (χ2v) is 4.83. The van der Waals surface area contributed by atoms with Gasteiger partial charge in [-0.2, -0.15) is 0 Å². The van der Waals surface area contributed by atoms with Crippen LogP contribution < -0.4 is 10.1 Å². The molecule has 1 aliphatic rings. The molecule has 0 aromatic heterocycles. The van der Waals surface area contributed by atoms with Crippen molar-refractivity contribution in [3.05, 3.63) is 29.8 Å². The third kappa shape index (κ3) is 3.66. The van der Waals surface area contributed by atoms with Gasteiger partial charge < -0.3 is 15.0 Å². The number of carbonyl (C=O) groups is 1. The van der Waals surface area contributed by atoms with E-state index in [1.54, 1.807) is 4.90 Å². The van der Waals surface area contributed by atoms with Crippen LogP contribution in [0.2, 0.25) is 0 Å². The van der Waals surface area contributed by atoms with Gasteiger partial charge in [0.25, 0.3) is 5.91 Å². The van der Waals surface area contributed by atoms with Gasteiger partial charge in [0.1, 0.15) is 5.82 Å². The number of amides is 1. The fourth-order valence-electron chi connectivity index (χ4n) is 2.26. The summed E-state index contributed by atoms with van der Waals surface area (Å²) in [7, 11) is 1.86. The van der Waals surface area contributed by atoms with Gasteiger partial charge in [0.2, 0.25) is 0 Å².